The molecule has 2 aliphatic rings. The number of aromatic nitrogens is 2. The Labute approximate surface area is 183 Å². The topological polar surface area (TPSA) is 85.2 Å². The molecule has 1 saturated carbocycles. The number of hydrogen-bond acceptors (Lipinski definition) is 4. The molecule has 2 aliphatic carbocycles. The molecule has 0 spiro atoms. The van der Waals surface area contributed by atoms with E-state index in [1.807, 2.05) is 55.8 Å². The van der Waals surface area contributed by atoms with Crippen molar-refractivity contribution in [1.82, 2.24) is 20.4 Å². The standard InChI is InChI=1S/C24H32N4O3/c1-24(2,3)31-23(30)26-19-14-8-7-13-18(19)25-22(29)21-17-12-9-15-20(17)28(27-21)16-10-5-4-6-11-16/h4-6,10-11,18-19H,7-9,12-15H2,1-3H3,(H,25,29)(H,26,30)/t18-,19+/m1/s1. The van der Waals surface area contributed by atoms with E-state index >= 15 is 0 Å². The minimum atomic E-state index is -0.553. The van der Waals surface area contributed by atoms with Crippen LogP contribution in [0.2, 0.25) is 0 Å². The molecule has 4 rings (SSSR count). The molecule has 166 valence electrons. The summed E-state index contributed by atoms with van der Waals surface area (Å²) in [5.74, 6) is -0.157. The second-order valence-electron chi connectivity index (χ2n) is 9.49. The Bertz CT molecular complexity index is 946. The molecule has 0 saturated heterocycles. The molecule has 2 amide bonds. The van der Waals surface area contributed by atoms with E-state index in [1.165, 1.54) is 0 Å². The molecule has 1 heterocycles. The number of hydrogen-bond donors (Lipinski definition) is 2. The SMILES string of the molecule is CC(C)(C)OC(=O)N[C@H]1CCCC[C@H]1NC(=O)c1nn(-c2ccccc2)c2c1CCC2. The number of fused-ring (bicyclic) bond motifs is 1. The van der Waals surface area contributed by atoms with Crippen molar-refractivity contribution < 1.29 is 14.3 Å². The summed E-state index contributed by atoms with van der Waals surface area (Å²) < 4.78 is 7.32. The van der Waals surface area contributed by atoms with Gasteiger partial charge in [0.2, 0.25) is 0 Å². The van der Waals surface area contributed by atoms with Gasteiger partial charge in [-0.1, -0.05) is 31.0 Å². The van der Waals surface area contributed by atoms with Gasteiger partial charge in [-0.05, 0) is 65.0 Å². The molecule has 7 nitrogen and oxygen atoms in total. The first kappa shape index (κ1) is 21.4. The predicted molar refractivity (Wildman–Crippen MR) is 118 cm³/mol. The van der Waals surface area contributed by atoms with Crippen molar-refractivity contribution in [3.8, 4) is 5.69 Å². The molecule has 31 heavy (non-hydrogen) atoms. The number of amides is 2. The molecule has 2 aromatic rings. The Morgan fingerprint density at radius 2 is 1.68 bits per heavy atom. The predicted octanol–water partition coefficient (Wildman–Crippen LogP) is 3.93. The van der Waals surface area contributed by atoms with Crippen LogP contribution in [0.15, 0.2) is 30.3 Å². The molecule has 1 aromatic carbocycles. The first-order valence-corrected chi connectivity index (χ1v) is 11.3. The molecule has 1 fully saturated rings. The third kappa shape index (κ3) is 4.92. The van der Waals surface area contributed by atoms with Gasteiger partial charge in [-0.3, -0.25) is 4.79 Å². The normalized spacial score (nSPS) is 20.7. The molecule has 1 aromatic heterocycles. The van der Waals surface area contributed by atoms with Gasteiger partial charge in [0.1, 0.15) is 5.60 Å². The van der Waals surface area contributed by atoms with Crippen LogP contribution in [0.5, 0.6) is 0 Å². The fourth-order valence-corrected chi connectivity index (χ4v) is 4.57. The van der Waals surface area contributed by atoms with E-state index in [0.29, 0.717) is 5.69 Å². The second-order valence-corrected chi connectivity index (χ2v) is 9.49. The van der Waals surface area contributed by atoms with E-state index < -0.39 is 11.7 Å². The molecular weight excluding hydrogens is 392 g/mol. The van der Waals surface area contributed by atoms with Crippen molar-refractivity contribution in [2.45, 2.75) is 83.4 Å². The zero-order valence-electron chi connectivity index (χ0n) is 18.6. The highest BCUT2D eigenvalue weighted by Crippen LogP contribution is 2.28. The number of benzene rings is 1. The molecule has 0 bridgehead atoms. The summed E-state index contributed by atoms with van der Waals surface area (Å²) in [6, 6.07) is 9.68. The third-order valence-electron chi connectivity index (χ3n) is 5.93. The number of carbonyl (C=O) groups excluding carboxylic acids is 2. The van der Waals surface area contributed by atoms with Crippen LogP contribution in [0.4, 0.5) is 4.79 Å². The van der Waals surface area contributed by atoms with Gasteiger partial charge in [-0.25, -0.2) is 9.48 Å². The Morgan fingerprint density at radius 3 is 2.35 bits per heavy atom. The lowest BCUT2D eigenvalue weighted by molar-refractivity contribution is 0.0474. The summed E-state index contributed by atoms with van der Waals surface area (Å²) in [6.07, 6.45) is 6.08. The summed E-state index contributed by atoms with van der Waals surface area (Å²) in [5, 5.41) is 10.8. The van der Waals surface area contributed by atoms with E-state index in [9.17, 15) is 9.59 Å². The quantitative estimate of drug-likeness (QED) is 0.779. The Balaban J connectivity index is 1.50. The Morgan fingerprint density at radius 1 is 1.00 bits per heavy atom. The van der Waals surface area contributed by atoms with Gasteiger partial charge in [0.25, 0.3) is 5.91 Å². The third-order valence-corrected chi connectivity index (χ3v) is 5.93. The van der Waals surface area contributed by atoms with Gasteiger partial charge >= 0.3 is 6.09 Å². The van der Waals surface area contributed by atoms with Crippen molar-refractivity contribution in [3.63, 3.8) is 0 Å². The van der Waals surface area contributed by atoms with Crippen LogP contribution >= 0.6 is 0 Å². The van der Waals surface area contributed by atoms with Crippen molar-refractivity contribution in [2.24, 2.45) is 0 Å². The van der Waals surface area contributed by atoms with Gasteiger partial charge in [-0.2, -0.15) is 5.10 Å². The van der Waals surface area contributed by atoms with Crippen LogP contribution in [0.3, 0.4) is 0 Å². The average molecular weight is 425 g/mol. The fourth-order valence-electron chi connectivity index (χ4n) is 4.57. The lowest BCUT2D eigenvalue weighted by atomic mass is 9.90. The minimum Gasteiger partial charge on any atom is -0.444 e. The Kier molecular flexibility index (Phi) is 6.03. The summed E-state index contributed by atoms with van der Waals surface area (Å²) >= 11 is 0. The van der Waals surface area contributed by atoms with Crippen LogP contribution in [-0.2, 0) is 17.6 Å². The summed E-state index contributed by atoms with van der Waals surface area (Å²) in [4.78, 5) is 25.5. The van der Waals surface area contributed by atoms with E-state index in [-0.39, 0.29) is 18.0 Å². The zero-order chi connectivity index (χ0) is 22.0. The number of nitrogens with zero attached hydrogens (tertiary/aromatic N) is 2. The monoisotopic (exact) mass is 424 g/mol. The lowest BCUT2D eigenvalue weighted by Gasteiger charge is -2.33. The molecule has 0 unspecified atom stereocenters. The fraction of sp³-hybridized carbons (Fsp3) is 0.542. The summed E-state index contributed by atoms with van der Waals surface area (Å²) in [6.45, 7) is 5.53. The highest BCUT2D eigenvalue weighted by molar-refractivity contribution is 5.94. The molecule has 0 aliphatic heterocycles. The summed E-state index contributed by atoms with van der Waals surface area (Å²) in [7, 11) is 0. The minimum absolute atomic E-state index is 0.132. The summed E-state index contributed by atoms with van der Waals surface area (Å²) in [5.41, 5.74) is 3.11. The maximum Gasteiger partial charge on any atom is 0.407 e. The second kappa shape index (κ2) is 8.73. The highest BCUT2D eigenvalue weighted by atomic mass is 16.6. The largest absolute Gasteiger partial charge is 0.444 e. The van der Waals surface area contributed by atoms with Crippen molar-refractivity contribution in [3.05, 3.63) is 47.3 Å². The zero-order valence-corrected chi connectivity index (χ0v) is 18.6. The van der Waals surface area contributed by atoms with Gasteiger partial charge in [0.15, 0.2) is 5.69 Å². The van der Waals surface area contributed by atoms with Crippen LogP contribution in [0, 0.1) is 0 Å². The van der Waals surface area contributed by atoms with E-state index in [2.05, 4.69) is 10.6 Å². The highest BCUT2D eigenvalue weighted by Gasteiger charge is 2.32. The maximum absolute atomic E-state index is 13.2. The van der Waals surface area contributed by atoms with Crippen LogP contribution in [0.25, 0.3) is 5.69 Å². The van der Waals surface area contributed by atoms with Crippen LogP contribution in [0.1, 0.15) is 74.6 Å². The first-order chi connectivity index (χ1) is 14.8. The lowest BCUT2D eigenvalue weighted by Crippen LogP contribution is -2.54. The number of rotatable bonds is 4. The van der Waals surface area contributed by atoms with Crippen LogP contribution in [-0.4, -0.2) is 39.5 Å². The van der Waals surface area contributed by atoms with E-state index in [1.54, 1.807) is 0 Å². The van der Waals surface area contributed by atoms with Crippen molar-refractivity contribution in [1.29, 1.82) is 0 Å². The smallest absolute Gasteiger partial charge is 0.407 e. The first-order valence-electron chi connectivity index (χ1n) is 11.3. The number of carbonyl (C=O) groups is 2. The van der Waals surface area contributed by atoms with E-state index in [4.69, 9.17) is 9.84 Å². The van der Waals surface area contributed by atoms with Crippen molar-refractivity contribution in [2.75, 3.05) is 0 Å². The number of ether oxygens (including phenoxy) is 1. The van der Waals surface area contributed by atoms with E-state index in [0.717, 1.165) is 61.9 Å². The number of alkyl carbamates (subject to hydrolysis) is 1. The van der Waals surface area contributed by atoms with Crippen LogP contribution < -0.4 is 10.6 Å². The molecule has 2 N–H and O–H groups in total. The number of para-hydroxylation sites is 1. The molecule has 7 heteroatoms. The average Bonchev–Trinajstić information content (AvgIpc) is 3.31. The molecule has 2 atom stereocenters. The van der Waals surface area contributed by atoms with Gasteiger partial charge in [-0.15, -0.1) is 0 Å². The van der Waals surface area contributed by atoms with Gasteiger partial charge in [0, 0.05) is 17.3 Å². The Hall–Kier alpha value is -2.83. The van der Waals surface area contributed by atoms with Gasteiger partial charge in [0.05, 0.1) is 11.7 Å². The van der Waals surface area contributed by atoms with Crippen molar-refractivity contribution >= 4 is 12.0 Å². The molecule has 0 radical (unpaired) electrons. The maximum atomic E-state index is 13.2. The number of nitrogens with one attached hydrogen (secondary N) is 2. The molecular formula is C24H32N4O3. The van der Waals surface area contributed by atoms with Gasteiger partial charge < -0.3 is 15.4 Å².